The molecule has 1 unspecified atom stereocenters. The van der Waals surface area contributed by atoms with E-state index < -0.39 is 17.1 Å². The minimum atomic E-state index is -1.28. The number of ketones is 1. The molecule has 2 aromatic rings. The first-order valence-electron chi connectivity index (χ1n) is 5.97. The number of rotatable bonds is 4. The number of carbonyl (C=O) groups excluding carboxylic acids is 2. The van der Waals surface area contributed by atoms with E-state index in [9.17, 15) is 9.59 Å². The van der Waals surface area contributed by atoms with Crippen LogP contribution in [0.3, 0.4) is 0 Å². The van der Waals surface area contributed by atoms with Crippen LogP contribution >= 0.6 is 11.6 Å². The Morgan fingerprint density at radius 1 is 1.05 bits per heavy atom. The molecule has 0 aliphatic heterocycles. The van der Waals surface area contributed by atoms with E-state index in [-0.39, 0.29) is 0 Å². The maximum atomic E-state index is 12.0. The summed E-state index contributed by atoms with van der Waals surface area (Å²) in [5.74, 6) is -1.01. The summed E-state index contributed by atoms with van der Waals surface area (Å²) in [5.41, 5.74) is 7.03. The second-order valence-electron chi connectivity index (χ2n) is 4.21. The normalized spacial score (nSPS) is 11.7. The molecule has 4 nitrogen and oxygen atoms in total. The van der Waals surface area contributed by atoms with Crippen LogP contribution in [0.25, 0.3) is 0 Å². The first kappa shape index (κ1) is 14.1. The molecule has 2 aromatic carbocycles. The average Bonchev–Trinajstić information content (AvgIpc) is 2.46. The second kappa shape index (κ2) is 6.21. The summed E-state index contributed by atoms with van der Waals surface area (Å²) < 4.78 is 0. The number of nitrogen functional groups attached to an aromatic ring is 1. The molecular formula is C15H13ClN2O2. The Balaban J connectivity index is 2.07. The van der Waals surface area contributed by atoms with Gasteiger partial charge in [0.2, 0.25) is 5.91 Å². The number of alkyl halides is 1. The molecule has 0 fully saturated rings. The molecule has 3 N–H and O–H groups in total. The largest absolute Gasteiger partial charge is 0.399 e. The molecule has 5 heteroatoms. The topological polar surface area (TPSA) is 72.2 Å². The number of nitrogens with two attached hydrogens (primary N) is 1. The third-order valence-electron chi connectivity index (χ3n) is 2.67. The summed E-state index contributed by atoms with van der Waals surface area (Å²) in [7, 11) is 0. The lowest BCUT2D eigenvalue weighted by atomic mass is 10.1. The quantitative estimate of drug-likeness (QED) is 0.393. The summed E-state index contributed by atoms with van der Waals surface area (Å²) in [6.45, 7) is 0. The van der Waals surface area contributed by atoms with Crippen molar-refractivity contribution in [1.29, 1.82) is 0 Å². The predicted octanol–water partition coefficient (Wildman–Crippen LogP) is 2.70. The van der Waals surface area contributed by atoms with Gasteiger partial charge in [-0.1, -0.05) is 36.4 Å². The Morgan fingerprint density at radius 3 is 2.40 bits per heavy atom. The molecule has 0 heterocycles. The van der Waals surface area contributed by atoms with Gasteiger partial charge in [-0.3, -0.25) is 9.59 Å². The molecule has 1 amide bonds. The molecule has 102 valence electrons. The van der Waals surface area contributed by atoms with Crippen LogP contribution in [0.2, 0.25) is 0 Å². The van der Waals surface area contributed by atoms with Crippen LogP contribution in [-0.4, -0.2) is 17.1 Å². The van der Waals surface area contributed by atoms with Crippen LogP contribution < -0.4 is 11.1 Å². The first-order valence-corrected chi connectivity index (χ1v) is 6.41. The van der Waals surface area contributed by atoms with Crippen LogP contribution in [-0.2, 0) is 4.79 Å². The van der Waals surface area contributed by atoms with Gasteiger partial charge >= 0.3 is 0 Å². The fraction of sp³-hybridized carbons (Fsp3) is 0.0667. The van der Waals surface area contributed by atoms with Crippen molar-refractivity contribution in [3.63, 3.8) is 0 Å². The predicted molar refractivity (Wildman–Crippen MR) is 79.9 cm³/mol. The summed E-state index contributed by atoms with van der Waals surface area (Å²) in [5, 5.41) is 1.28. The van der Waals surface area contributed by atoms with Crippen molar-refractivity contribution in [3.05, 3.63) is 60.2 Å². The van der Waals surface area contributed by atoms with Gasteiger partial charge in [-0.15, -0.1) is 11.6 Å². The minimum Gasteiger partial charge on any atom is -0.399 e. The fourth-order valence-electron chi connectivity index (χ4n) is 1.69. The van der Waals surface area contributed by atoms with Crippen molar-refractivity contribution < 1.29 is 9.59 Å². The summed E-state index contributed by atoms with van der Waals surface area (Å²) >= 11 is 5.91. The first-order chi connectivity index (χ1) is 9.58. The molecule has 20 heavy (non-hydrogen) atoms. The van der Waals surface area contributed by atoms with Crippen molar-refractivity contribution in [2.45, 2.75) is 5.38 Å². The number of Topliss-reactive ketones (excluding diaryl/α,β-unsaturated/α-hetero) is 1. The van der Waals surface area contributed by atoms with E-state index >= 15 is 0 Å². The lowest BCUT2D eigenvalue weighted by molar-refractivity contribution is -0.115. The van der Waals surface area contributed by atoms with Gasteiger partial charge in [0.1, 0.15) is 0 Å². The number of anilines is 2. The highest BCUT2D eigenvalue weighted by Gasteiger charge is 2.25. The standard InChI is InChI=1S/C15H13ClN2O2/c16-13(14(19)10-5-2-1-3-6-10)15(20)18-12-8-4-7-11(17)9-12/h1-9,13H,17H2,(H,18,20). The highest BCUT2D eigenvalue weighted by atomic mass is 35.5. The molecular weight excluding hydrogens is 276 g/mol. The monoisotopic (exact) mass is 288 g/mol. The molecule has 0 bridgehead atoms. The van der Waals surface area contributed by atoms with Crippen molar-refractivity contribution in [1.82, 2.24) is 0 Å². The van der Waals surface area contributed by atoms with E-state index in [2.05, 4.69) is 5.32 Å². The van der Waals surface area contributed by atoms with Gasteiger partial charge in [0, 0.05) is 16.9 Å². The third kappa shape index (κ3) is 3.36. The smallest absolute Gasteiger partial charge is 0.250 e. The van der Waals surface area contributed by atoms with Crippen molar-refractivity contribution in [2.24, 2.45) is 0 Å². The van der Waals surface area contributed by atoms with Crippen LogP contribution in [0.1, 0.15) is 10.4 Å². The number of hydrogen-bond acceptors (Lipinski definition) is 3. The van der Waals surface area contributed by atoms with Crippen molar-refractivity contribution in [2.75, 3.05) is 11.1 Å². The maximum absolute atomic E-state index is 12.0. The fourth-order valence-corrected chi connectivity index (χ4v) is 1.87. The number of benzene rings is 2. The SMILES string of the molecule is Nc1cccc(NC(=O)C(Cl)C(=O)c2ccccc2)c1. The molecule has 2 rings (SSSR count). The van der Waals surface area contributed by atoms with E-state index in [1.165, 1.54) is 0 Å². The molecule has 0 spiro atoms. The van der Waals surface area contributed by atoms with Gasteiger partial charge < -0.3 is 11.1 Å². The van der Waals surface area contributed by atoms with E-state index in [0.29, 0.717) is 16.9 Å². The molecule has 1 atom stereocenters. The van der Waals surface area contributed by atoms with Gasteiger partial charge in [0.25, 0.3) is 0 Å². The van der Waals surface area contributed by atoms with E-state index in [1.807, 2.05) is 0 Å². The zero-order valence-corrected chi connectivity index (χ0v) is 11.3. The molecule has 0 saturated heterocycles. The summed E-state index contributed by atoms with van der Waals surface area (Å²) in [4.78, 5) is 24.0. The maximum Gasteiger partial charge on any atom is 0.250 e. The molecule has 0 saturated carbocycles. The lowest BCUT2D eigenvalue weighted by Gasteiger charge is -2.10. The summed E-state index contributed by atoms with van der Waals surface area (Å²) in [6, 6.07) is 15.1. The third-order valence-corrected chi connectivity index (χ3v) is 3.07. The number of carbonyl (C=O) groups is 2. The Hall–Kier alpha value is -2.33. The Bertz CT molecular complexity index is 629. The van der Waals surface area contributed by atoms with Gasteiger partial charge in [0.05, 0.1) is 0 Å². The van der Waals surface area contributed by atoms with Gasteiger partial charge in [-0.2, -0.15) is 0 Å². The molecule has 0 radical (unpaired) electrons. The molecule has 0 aromatic heterocycles. The van der Waals surface area contributed by atoms with E-state index in [4.69, 9.17) is 17.3 Å². The van der Waals surface area contributed by atoms with Crippen LogP contribution in [0.15, 0.2) is 54.6 Å². The van der Waals surface area contributed by atoms with Crippen LogP contribution in [0.4, 0.5) is 11.4 Å². The van der Waals surface area contributed by atoms with E-state index in [0.717, 1.165) is 0 Å². The Labute approximate surface area is 121 Å². The molecule has 0 aliphatic rings. The Morgan fingerprint density at radius 2 is 1.75 bits per heavy atom. The number of hydrogen-bond donors (Lipinski definition) is 2. The van der Waals surface area contributed by atoms with Gasteiger partial charge in [-0.25, -0.2) is 0 Å². The van der Waals surface area contributed by atoms with Crippen molar-refractivity contribution in [3.8, 4) is 0 Å². The zero-order chi connectivity index (χ0) is 14.5. The number of nitrogens with one attached hydrogen (secondary N) is 1. The number of amides is 1. The zero-order valence-electron chi connectivity index (χ0n) is 10.5. The highest BCUT2D eigenvalue weighted by Crippen LogP contribution is 2.15. The van der Waals surface area contributed by atoms with Crippen LogP contribution in [0.5, 0.6) is 0 Å². The number of halogens is 1. The average molecular weight is 289 g/mol. The molecule has 0 aliphatic carbocycles. The minimum absolute atomic E-state index is 0.398. The van der Waals surface area contributed by atoms with Crippen molar-refractivity contribution >= 4 is 34.7 Å². The van der Waals surface area contributed by atoms with Gasteiger partial charge in [0.15, 0.2) is 11.2 Å². The van der Waals surface area contributed by atoms with E-state index in [1.54, 1.807) is 54.6 Å². The Kier molecular flexibility index (Phi) is 4.38. The highest BCUT2D eigenvalue weighted by molar-refractivity contribution is 6.45. The van der Waals surface area contributed by atoms with Gasteiger partial charge in [-0.05, 0) is 18.2 Å². The summed E-state index contributed by atoms with van der Waals surface area (Å²) in [6.07, 6.45) is 0. The second-order valence-corrected chi connectivity index (χ2v) is 4.64. The van der Waals surface area contributed by atoms with Crippen LogP contribution in [0, 0.1) is 0 Å². The lowest BCUT2D eigenvalue weighted by Crippen LogP contribution is -2.30.